The number of nitrogens with one attached hydrogen (secondary N) is 2. The van der Waals surface area contributed by atoms with E-state index in [1.54, 1.807) is 0 Å². The summed E-state index contributed by atoms with van der Waals surface area (Å²) in [6, 6.07) is 15.0. The maximum atomic E-state index is 11.8. The lowest BCUT2D eigenvalue weighted by atomic mass is 10.1. The summed E-state index contributed by atoms with van der Waals surface area (Å²) < 4.78 is 0.974. The van der Waals surface area contributed by atoms with Crippen LogP contribution in [0.25, 0.3) is 0 Å². The Morgan fingerprint density at radius 3 is 2.50 bits per heavy atom. The van der Waals surface area contributed by atoms with Gasteiger partial charge in [-0.25, -0.2) is 4.79 Å². The maximum absolute atomic E-state index is 11.8. The zero-order chi connectivity index (χ0) is 14.4. The van der Waals surface area contributed by atoms with Crippen LogP contribution >= 0.6 is 15.9 Å². The Labute approximate surface area is 126 Å². The number of benzene rings is 2. The molecule has 0 spiro atoms. The van der Waals surface area contributed by atoms with Gasteiger partial charge in [0.05, 0.1) is 0 Å². The van der Waals surface area contributed by atoms with Crippen molar-refractivity contribution in [3.63, 3.8) is 0 Å². The molecule has 2 aromatic rings. The second kappa shape index (κ2) is 7.07. The molecule has 2 aromatic carbocycles. The Bertz CT molecular complexity index is 584. The first-order valence-electron chi connectivity index (χ1n) is 6.25. The number of rotatable bonds is 4. The summed E-state index contributed by atoms with van der Waals surface area (Å²) in [6.45, 7) is 0.967. The fourth-order valence-corrected chi connectivity index (χ4v) is 2.02. The highest BCUT2D eigenvalue weighted by atomic mass is 79.9. The molecular weight excluding hydrogens is 318 g/mol. The molecule has 20 heavy (non-hydrogen) atoms. The maximum Gasteiger partial charge on any atom is 0.319 e. The van der Waals surface area contributed by atoms with Gasteiger partial charge in [0.15, 0.2) is 0 Å². The molecule has 0 aliphatic carbocycles. The molecule has 0 atom stereocenters. The van der Waals surface area contributed by atoms with Gasteiger partial charge in [0.2, 0.25) is 0 Å². The first-order valence-corrected chi connectivity index (χ1v) is 7.05. The van der Waals surface area contributed by atoms with E-state index in [1.165, 1.54) is 0 Å². The van der Waals surface area contributed by atoms with Crippen molar-refractivity contribution in [2.45, 2.75) is 13.1 Å². The van der Waals surface area contributed by atoms with Gasteiger partial charge in [-0.15, -0.1) is 0 Å². The number of hydrogen-bond acceptors (Lipinski definition) is 2. The Hall–Kier alpha value is -1.85. The van der Waals surface area contributed by atoms with Crippen LogP contribution in [0.5, 0.6) is 0 Å². The quantitative estimate of drug-likeness (QED) is 0.804. The van der Waals surface area contributed by atoms with Crippen LogP contribution in [-0.2, 0) is 13.1 Å². The SMILES string of the molecule is NCc1cccc(CNC(=O)Nc2ccc(Br)cc2)c1. The molecule has 4 N–H and O–H groups in total. The summed E-state index contributed by atoms with van der Waals surface area (Å²) in [4.78, 5) is 11.8. The van der Waals surface area contributed by atoms with Crippen LogP contribution in [-0.4, -0.2) is 6.03 Å². The second-order valence-electron chi connectivity index (χ2n) is 4.34. The van der Waals surface area contributed by atoms with Crippen molar-refractivity contribution in [1.29, 1.82) is 0 Å². The lowest BCUT2D eigenvalue weighted by Crippen LogP contribution is -2.28. The molecule has 0 radical (unpaired) electrons. The zero-order valence-corrected chi connectivity index (χ0v) is 12.5. The Morgan fingerprint density at radius 2 is 1.80 bits per heavy atom. The largest absolute Gasteiger partial charge is 0.334 e. The van der Waals surface area contributed by atoms with Crippen LogP contribution in [0.3, 0.4) is 0 Å². The molecule has 2 amide bonds. The van der Waals surface area contributed by atoms with Gasteiger partial charge in [-0.3, -0.25) is 0 Å². The number of carbonyl (C=O) groups is 1. The van der Waals surface area contributed by atoms with Crippen molar-refractivity contribution in [3.05, 3.63) is 64.1 Å². The highest BCUT2D eigenvalue weighted by Crippen LogP contribution is 2.13. The van der Waals surface area contributed by atoms with E-state index < -0.39 is 0 Å². The van der Waals surface area contributed by atoms with Gasteiger partial charge in [-0.2, -0.15) is 0 Å². The van der Waals surface area contributed by atoms with Gasteiger partial charge in [0.1, 0.15) is 0 Å². The van der Waals surface area contributed by atoms with E-state index in [1.807, 2.05) is 48.5 Å². The van der Waals surface area contributed by atoms with Crippen LogP contribution in [0.15, 0.2) is 53.0 Å². The average Bonchev–Trinajstić information content (AvgIpc) is 2.48. The molecule has 0 saturated carbocycles. The summed E-state index contributed by atoms with van der Waals surface area (Å²) in [6.07, 6.45) is 0. The summed E-state index contributed by atoms with van der Waals surface area (Å²) >= 11 is 3.35. The van der Waals surface area contributed by atoms with Crippen molar-refractivity contribution in [2.75, 3.05) is 5.32 Å². The molecule has 0 aromatic heterocycles. The van der Waals surface area contributed by atoms with E-state index in [0.29, 0.717) is 13.1 Å². The van der Waals surface area contributed by atoms with Crippen LogP contribution in [0, 0.1) is 0 Å². The first kappa shape index (κ1) is 14.6. The fourth-order valence-electron chi connectivity index (χ4n) is 1.76. The number of hydrogen-bond donors (Lipinski definition) is 3. The van der Waals surface area contributed by atoms with E-state index in [0.717, 1.165) is 21.3 Å². The summed E-state index contributed by atoms with van der Waals surface area (Å²) in [5.41, 5.74) is 8.42. The second-order valence-corrected chi connectivity index (χ2v) is 5.25. The van der Waals surface area contributed by atoms with Crippen molar-refractivity contribution >= 4 is 27.6 Å². The lowest BCUT2D eigenvalue weighted by Gasteiger charge is -2.08. The van der Waals surface area contributed by atoms with E-state index in [9.17, 15) is 4.79 Å². The minimum atomic E-state index is -0.231. The third-order valence-electron chi connectivity index (χ3n) is 2.78. The van der Waals surface area contributed by atoms with E-state index in [4.69, 9.17) is 5.73 Å². The van der Waals surface area contributed by atoms with Crippen molar-refractivity contribution in [1.82, 2.24) is 5.32 Å². The molecule has 0 unspecified atom stereocenters. The number of halogens is 1. The van der Waals surface area contributed by atoms with Gasteiger partial charge >= 0.3 is 6.03 Å². The third-order valence-corrected chi connectivity index (χ3v) is 3.31. The van der Waals surface area contributed by atoms with Gasteiger partial charge < -0.3 is 16.4 Å². The Morgan fingerprint density at radius 1 is 1.10 bits per heavy atom. The van der Waals surface area contributed by atoms with Crippen LogP contribution in [0.4, 0.5) is 10.5 Å². The summed E-state index contributed by atoms with van der Waals surface area (Å²) in [7, 11) is 0. The molecular formula is C15H16BrN3O. The van der Waals surface area contributed by atoms with E-state index in [-0.39, 0.29) is 6.03 Å². The molecule has 104 valence electrons. The van der Waals surface area contributed by atoms with E-state index in [2.05, 4.69) is 26.6 Å². The van der Waals surface area contributed by atoms with Crippen molar-refractivity contribution < 1.29 is 4.79 Å². The molecule has 4 nitrogen and oxygen atoms in total. The average molecular weight is 334 g/mol. The van der Waals surface area contributed by atoms with Crippen molar-refractivity contribution in [2.24, 2.45) is 5.73 Å². The zero-order valence-electron chi connectivity index (χ0n) is 10.9. The molecule has 0 aliphatic rings. The molecule has 0 aliphatic heterocycles. The van der Waals surface area contributed by atoms with Crippen LogP contribution in [0.1, 0.15) is 11.1 Å². The summed E-state index contributed by atoms with van der Waals surface area (Å²) in [5, 5.41) is 5.58. The molecule has 0 fully saturated rings. The molecule has 0 heterocycles. The normalized spacial score (nSPS) is 10.1. The smallest absolute Gasteiger partial charge is 0.319 e. The number of carbonyl (C=O) groups excluding carboxylic acids is 1. The van der Waals surface area contributed by atoms with Crippen molar-refractivity contribution in [3.8, 4) is 0 Å². The number of nitrogens with two attached hydrogens (primary N) is 1. The molecule has 2 rings (SSSR count). The minimum Gasteiger partial charge on any atom is -0.334 e. The standard InChI is InChI=1S/C15H16BrN3O/c16-13-4-6-14(7-5-13)19-15(20)18-10-12-3-1-2-11(8-12)9-17/h1-8H,9-10,17H2,(H2,18,19,20). The van der Waals surface area contributed by atoms with Gasteiger partial charge in [-0.05, 0) is 35.4 Å². The van der Waals surface area contributed by atoms with Gasteiger partial charge in [0, 0.05) is 23.2 Å². The Kier molecular flexibility index (Phi) is 5.15. The number of anilines is 1. The topological polar surface area (TPSA) is 67.1 Å². The van der Waals surface area contributed by atoms with Gasteiger partial charge in [-0.1, -0.05) is 40.2 Å². The van der Waals surface area contributed by atoms with Crippen LogP contribution in [0.2, 0.25) is 0 Å². The lowest BCUT2D eigenvalue weighted by molar-refractivity contribution is 0.251. The predicted molar refractivity (Wildman–Crippen MR) is 84.3 cm³/mol. The first-order chi connectivity index (χ1) is 9.67. The van der Waals surface area contributed by atoms with Gasteiger partial charge in [0.25, 0.3) is 0 Å². The monoisotopic (exact) mass is 333 g/mol. The van der Waals surface area contributed by atoms with Crippen LogP contribution < -0.4 is 16.4 Å². The number of urea groups is 1. The summed E-state index contributed by atoms with van der Waals surface area (Å²) in [5.74, 6) is 0. The van der Waals surface area contributed by atoms with E-state index >= 15 is 0 Å². The molecule has 0 bridgehead atoms. The number of amides is 2. The third kappa shape index (κ3) is 4.36. The predicted octanol–water partition coefficient (Wildman–Crippen LogP) is 3.23. The Balaban J connectivity index is 1.87. The molecule has 0 saturated heterocycles. The minimum absolute atomic E-state index is 0.231. The highest BCUT2D eigenvalue weighted by molar-refractivity contribution is 9.10. The molecule has 5 heteroatoms. The fraction of sp³-hybridized carbons (Fsp3) is 0.133. The highest BCUT2D eigenvalue weighted by Gasteiger charge is 2.02.